The number of carbonyl (C=O) groups is 1. The molecule has 0 radical (unpaired) electrons. The summed E-state index contributed by atoms with van der Waals surface area (Å²) in [6.45, 7) is 0. The van der Waals surface area contributed by atoms with Crippen LogP contribution in [0.15, 0.2) is 18.2 Å². The second kappa shape index (κ2) is 5.26. The van der Waals surface area contributed by atoms with Gasteiger partial charge in [-0.1, -0.05) is 6.07 Å². The number of benzene rings is 1. The first-order valence-corrected chi connectivity index (χ1v) is 9.12. The summed E-state index contributed by atoms with van der Waals surface area (Å²) in [5.41, 5.74) is -0.836. The minimum absolute atomic E-state index is 0.286. The topological polar surface area (TPSA) is 107 Å². The van der Waals surface area contributed by atoms with Crippen molar-refractivity contribution < 1.29 is 30.8 Å². The first kappa shape index (κ1) is 15.7. The lowest BCUT2D eigenvalue weighted by Crippen LogP contribution is -2.49. The summed E-state index contributed by atoms with van der Waals surface area (Å²) in [5, 5.41) is -1.11. The predicted octanol–water partition coefficient (Wildman–Crippen LogP) is 0.151. The van der Waals surface area contributed by atoms with Crippen LogP contribution in [0.3, 0.4) is 0 Å². The van der Waals surface area contributed by atoms with Gasteiger partial charge in [0.05, 0.1) is 24.3 Å². The van der Waals surface area contributed by atoms with Gasteiger partial charge < -0.3 is 4.74 Å². The molecule has 0 spiro atoms. The zero-order valence-corrected chi connectivity index (χ0v) is 12.5. The Hall–Kier alpha value is -1.68. The van der Waals surface area contributed by atoms with Gasteiger partial charge in [0.1, 0.15) is 16.6 Å². The maximum atomic E-state index is 13.7. The van der Waals surface area contributed by atoms with Crippen molar-refractivity contribution in [2.24, 2.45) is 0 Å². The molecule has 21 heavy (non-hydrogen) atoms. The van der Waals surface area contributed by atoms with Crippen molar-refractivity contribution in [2.45, 2.75) is 5.25 Å². The highest BCUT2D eigenvalue weighted by molar-refractivity contribution is 8.00. The van der Waals surface area contributed by atoms with E-state index in [9.17, 15) is 26.0 Å². The van der Waals surface area contributed by atoms with Gasteiger partial charge in [-0.25, -0.2) is 26.0 Å². The average Bonchev–Trinajstić information content (AvgIpc) is 2.35. The quantitative estimate of drug-likeness (QED) is 0.784. The van der Waals surface area contributed by atoms with Crippen LogP contribution in [0.4, 0.5) is 10.1 Å². The highest BCUT2D eigenvalue weighted by Gasteiger charge is 2.43. The van der Waals surface area contributed by atoms with Crippen molar-refractivity contribution in [3.8, 4) is 0 Å². The highest BCUT2D eigenvalue weighted by Crippen LogP contribution is 2.25. The van der Waals surface area contributed by atoms with E-state index in [-0.39, 0.29) is 5.69 Å². The van der Waals surface area contributed by atoms with E-state index in [1.165, 1.54) is 12.1 Å². The van der Waals surface area contributed by atoms with Crippen LogP contribution in [0, 0.1) is 5.82 Å². The molecule has 0 unspecified atom stereocenters. The van der Waals surface area contributed by atoms with E-state index >= 15 is 0 Å². The van der Waals surface area contributed by atoms with Crippen molar-refractivity contribution >= 4 is 31.5 Å². The third kappa shape index (κ3) is 3.16. The molecule has 116 valence electrons. The van der Waals surface area contributed by atoms with Gasteiger partial charge in [-0.05, 0) is 12.1 Å². The number of hydrogen-bond acceptors (Lipinski definition) is 6. The molecular weight excluding hydrogens is 325 g/mol. The molecule has 1 saturated heterocycles. The van der Waals surface area contributed by atoms with Gasteiger partial charge in [0.15, 0.2) is 9.84 Å². The van der Waals surface area contributed by atoms with Crippen LogP contribution >= 0.6 is 0 Å². The number of sulfonamides is 1. The zero-order valence-electron chi connectivity index (χ0n) is 10.9. The Morgan fingerprint density at radius 3 is 2.52 bits per heavy atom. The second-order valence-electron chi connectivity index (χ2n) is 4.50. The number of methoxy groups -OCH3 is 1. The monoisotopic (exact) mass is 337 g/mol. The van der Waals surface area contributed by atoms with Gasteiger partial charge >= 0.3 is 5.97 Å². The van der Waals surface area contributed by atoms with Crippen LogP contribution in [0.2, 0.25) is 0 Å². The molecule has 1 heterocycles. The molecule has 10 heteroatoms. The van der Waals surface area contributed by atoms with Crippen LogP contribution < -0.4 is 4.72 Å². The molecule has 0 aromatic heterocycles. The minimum atomic E-state index is -4.03. The molecule has 1 N–H and O–H groups in total. The number of anilines is 1. The largest absolute Gasteiger partial charge is 0.465 e. The van der Waals surface area contributed by atoms with Crippen LogP contribution in [0.1, 0.15) is 10.4 Å². The van der Waals surface area contributed by atoms with Crippen LogP contribution in [0.25, 0.3) is 0 Å². The number of ether oxygens (including phenoxy) is 1. The molecular formula is C11H12FNO6S2. The van der Waals surface area contributed by atoms with Gasteiger partial charge in [0.2, 0.25) is 10.0 Å². The molecule has 1 fully saturated rings. The fourth-order valence-electron chi connectivity index (χ4n) is 1.85. The first-order valence-electron chi connectivity index (χ1n) is 5.75. The van der Waals surface area contributed by atoms with Crippen LogP contribution in [-0.2, 0) is 24.6 Å². The Morgan fingerprint density at radius 1 is 1.38 bits per heavy atom. The number of nitrogens with one attached hydrogen (secondary N) is 1. The van der Waals surface area contributed by atoms with E-state index in [0.717, 1.165) is 13.2 Å². The number of halogens is 1. The van der Waals surface area contributed by atoms with Crippen LogP contribution in [-0.4, -0.2) is 46.7 Å². The van der Waals surface area contributed by atoms with Gasteiger partial charge in [-0.2, -0.15) is 0 Å². The fraction of sp³-hybridized carbons (Fsp3) is 0.364. The molecule has 0 aliphatic carbocycles. The Balaban J connectivity index is 2.32. The highest BCUT2D eigenvalue weighted by atomic mass is 32.2. The standard InChI is InChI=1S/C11H12FNO6S2/c1-19-11(14)10-8(12)3-2-4-9(10)13-21(17,18)7-5-20(15,16)6-7/h2-4,7,13H,5-6H2,1H3. The Morgan fingerprint density at radius 2 is 2.00 bits per heavy atom. The van der Waals surface area contributed by atoms with Crippen LogP contribution in [0.5, 0.6) is 0 Å². The predicted molar refractivity (Wildman–Crippen MR) is 72.7 cm³/mol. The van der Waals surface area contributed by atoms with Crippen molar-refractivity contribution in [2.75, 3.05) is 23.3 Å². The molecule has 2 rings (SSSR count). The Kier molecular flexibility index (Phi) is 3.93. The summed E-state index contributed by atoms with van der Waals surface area (Å²) in [7, 11) is -6.33. The van der Waals surface area contributed by atoms with Crippen molar-refractivity contribution in [3.05, 3.63) is 29.6 Å². The Labute approximate surface area is 121 Å². The summed E-state index contributed by atoms with van der Waals surface area (Å²) in [6, 6.07) is 3.40. The summed E-state index contributed by atoms with van der Waals surface area (Å²) in [5.74, 6) is -2.97. The molecule has 1 aromatic carbocycles. The SMILES string of the molecule is COC(=O)c1c(F)cccc1NS(=O)(=O)C1CS(=O)(=O)C1. The molecule has 1 aliphatic rings. The second-order valence-corrected chi connectivity index (χ2v) is 8.61. The molecule has 0 atom stereocenters. The number of esters is 1. The van der Waals surface area contributed by atoms with E-state index in [2.05, 4.69) is 4.74 Å². The number of sulfone groups is 1. The molecule has 0 bridgehead atoms. The average molecular weight is 337 g/mol. The molecule has 1 aliphatic heterocycles. The van der Waals surface area contributed by atoms with Gasteiger partial charge in [-0.3, -0.25) is 4.72 Å². The van der Waals surface area contributed by atoms with E-state index in [0.29, 0.717) is 0 Å². The fourth-order valence-corrected chi connectivity index (χ4v) is 6.21. The summed E-state index contributed by atoms with van der Waals surface area (Å²) < 4.78 is 66.2. The summed E-state index contributed by atoms with van der Waals surface area (Å²) in [4.78, 5) is 11.5. The van der Waals surface area contributed by atoms with Gasteiger partial charge in [0, 0.05) is 0 Å². The molecule has 7 nitrogen and oxygen atoms in total. The van der Waals surface area contributed by atoms with Crippen molar-refractivity contribution in [1.29, 1.82) is 0 Å². The lowest BCUT2D eigenvalue weighted by atomic mass is 10.2. The zero-order chi connectivity index (χ0) is 15.8. The summed E-state index contributed by atoms with van der Waals surface area (Å²) >= 11 is 0. The van der Waals surface area contributed by atoms with Gasteiger partial charge in [0.25, 0.3) is 0 Å². The summed E-state index contributed by atoms with van der Waals surface area (Å²) in [6.07, 6.45) is 0. The molecule has 0 amide bonds. The van der Waals surface area contributed by atoms with E-state index < -0.39 is 54.0 Å². The molecule has 0 saturated carbocycles. The smallest absolute Gasteiger partial charge is 0.343 e. The van der Waals surface area contributed by atoms with Crippen molar-refractivity contribution in [3.63, 3.8) is 0 Å². The third-order valence-electron chi connectivity index (χ3n) is 2.97. The first-order chi connectivity index (χ1) is 9.66. The number of rotatable bonds is 4. The maximum absolute atomic E-state index is 13.7. The normalized spacial score (nSPS) is 17.8. The van der Waals surface area contributed by atoms with Gasteiger partial charge in [-0.15, -0.1) is 0 Å². The molecule has 1 aromatic rings. The number of hydrogen-bond donors (Lipinski definition) is 1. The Bertz CT molecular complexity index is 775. The van der Waals surface area contributed by atoms with E-state index in [1.807, 2.05) is 4.72 Å². The minimum Gasteiger partial charge on any atom is -0.465 e. The van der Waals surface area contributed by atoms with E-state index in [1.54, 1.807) is 0 Å². The lowest BCUT2D eigenvalue weighted by molar-refractivity contribution is 0.0597. The number of carbonyl (C=O) groups excluding carboxylic acids is 1. The lowest BCUT2D eigenvalue weighted by Gasteiger charge is -2.26. The van der Waals surface area contributed by atoms with E-state index in [4.69, 9.17) is 0 Å². The van der Waals surface area contributed by atoms with Crippen molar-refractivity contribution in [1.82, 2.24) is 0 Å². The maximum Gasteiger partial charge on any atom is 0.343 e. The third-order valence-corrected chi connectivity index (χ3v) is 6.93.